The molecule has 0 aromatic carbocycles. The van der Waals surface area contributed by atoms with Crippen LogP contribution in [0.2, 0.25) is 0 Å². The number of rotatable bonds is 6. The predicted octanol–water partition coefficient (Wildman–Crippen LogP) is 3.31. The summed E-state index contributed by atoms with van der Waals surface area (Å²) < 4.78 is 2.01. The highest BCUT2D eigenvalue weighted by Gasteiger charge is 2.16. The lowest BCUT2D eigenvalue weighted by molar-refractivity contribution is 0.0788. The Hall–Kier alpha value is -1.99. The van der Waals surface area contributed by atoms with Gasteiger partial charge in [-0.05, 0) is 17.9 Å². The Morgan fingerprint density at radius 3 is 2.96 bits per heavy atom. The minimum Gasteiger partial charge on any atom is -0.340 e. The molecule has 1 amide bonds. The van der Waals surface area contributed by atoms with Crippen molar-refractivity contribution in [1.82, 2.24) is 19.4 Å². The quantitative estimate of drug-likeness (QED) is 0.688. The summed E-state index contributed by atoms with van der Waals surface area (Å²) >= 11 is 3.15. The lowest BCUT2D eigenvalue weighted by Gasteiger charge is -2.15. The number of aryl methyl sites for hydroxylation is 2. The van der Waals surface area contributed by atoms with Crippen molar-refractivity contribution in [2.75, 3.05) is 13.6 Å². The van der Waals surface area contributed by atoms with Crippen LogP contribution in [0, 0.1) is 0 Å². The molecule has 0 bridgehead atoms. The van der Waals surface area contributed by atoms with Gasteiger partial charge in [0.25, 0.3) is 5.91 Å². The second kappa shape index (κ2) is 7.06. The van der Waals surface area contributed by atoms with Gasteiger partial charge in [0.05, 0.1) is 4.88 Å². The van der Waals surface area contributed by atoms with Crippen LogP contribution in [0.15, 0.2) is 35.3 Å². The molecular weight excluding hydrogens is 328 g/mol. The van der Waals surface area contributed by atoms with E-state index in [0.29, 0.717) is 12.2 Å². The molecule has 23 heavy (non-hydrogen) atoms. The molecule has 0 spiro atoms. The summed E-state index contributed by atoms with van der Waals surface area (Å²) in [6, 6.07) is 4.01. The maximum Gasteiger partial charge on any atom is 0.273 e. The van der Waals surface area contributed by atoms with Crippen LogP contribution in [0.3, 0.4) is 0 Å². The topological polar surface area (TPSA) is 51.0 Å². The molecule has 7 heteroatoms. The molecule has 0 atom stereocenters. The van der Waals surface area contributed by atoms with Crippen molar-refractivity contribution in [1.29, 1.82) is 0 Å². The molecule has 3 aromatic rings. The number of imidazole rings is 1. The molecule has 0 saturated heterocycles. The predicted molar refractivity (Wildman–Crippen MR) is 93.9 cm³/mol. The molecular formula is C16H18N4OS2. The lowest BCUT2D eigenvalue weighted by atomic mass is 10.2. The highest BCUT2D eigenvalue weighted by Crippen LogP contribution is 2.28. The summed E-state index contributed by atoms with van der Waals surface area (Å²) in [4.78, 5) is 24.0. The summed E-state index contributed by atoms with van der Waals surface area (Å²) in [5, 5.41) is 4.76. The summed E-state index contributed by atoms with van der Waals surface area (Å²) in [6.07, 6.45) is 5.48. The fraction of sp³-hybridized carbons (Fsp3) is 0.312. The SMILES string of the molecule is CN(CCCc1nccn1C)C(=O)c1csc(-c2cccs2)n1. The third kappa shape index (κ3) is 3.68. The molecule has 120 valence electrons. The number of carbonyl (C=O) groups is 1. The van der Waals surface area contributed by atoms with E-state index in [0.717, 1.165) is 28.6 Å². The fourth-order valence-electron chi connectivity index (χ4n) is 2.29. The average molecular weight is 346 g/mol. The highest BCUT2D eigenvalue weighted by molar-refractivity contribution is 7.20. The van der Waals surface area contributed by atoms with E-state index in [1.165, 1.54) is 11.3 Å². The molecule has 0 saturated carbocycles. The molecule has 0 aliphatic heterocycles. The van der Waals surface area contributed by atoms with Gasteiger partial charge in [-0.25, -0.2) is 9.97 Å². The average Bonchev–Trinajstić information content (AvgIpc) is 3.28. The van der Waals surface area contributed by atoms with Crippen LogP contribution < -0.4 is 0 Å². The molecule has 3 rings (SSSR count). The lowest BCUT2D eigenvalue weighted by Crippen LogP contribution is -2.28. The molecule has 0 aliphatic carbocycles. The Kier molecular flexibility index (Phi) is 4.88. The Morgan fingerprint density at radius 1 is 1.39 bits per heavy atom. The number of hydrogen-bond donors (Lipinski definition) is 0. The Morgan fingerprint density at radius 2 is 2.26 bits per heavy atom. The zero-order chi connectivity index (χ0) is 16.2. The van der Waals surface area contributed by atoms with Gasteiger partial charge in [-0.3, -0.25) is 4.79 Å². The Balaban J connectivity index is 1.56. The standard InChI is InChI=1S/C16H18N4OS2/c1-19-9-7-17-14(19)6-3-8-20(2)16(21)12-11-23-15(18-12)13-5-4-10-22-13/h4-5,7,9-11H,3,6,8H2,1-2H3. The summed E-state index contributed by atoms with van der Waals surface area (Å²) in [6.45, 7) is 0.692. The third-order valence-corrected chi connectivity index (χ3v) is 5.50. The van der Waals surface area contributed by atoms with Gasteiger partial charge < -0.3 is 9.47 Å². The molecule has 5 nitrogen and oxygen atoms in total. The Labute approximate surface area is 143 Å². The number of nitrogens with zero attached hydrogens (tertiary/aromatic N) is 4. The number of aromatic nitrogens is 3. The molecule has 0 radical (unpaired) electrons. The van der Waals surface area contributed by atoms with Crippen molar-refractivity contribution >= 4 is 28.6 Å². The van der Waals surface area contributed by atoms with Gasteiger partial charge in [-0.2, -0.15) is 0 Å². The van der Waals surface area contributed by atoms with Gasteiger partial charge in [-0.15, -0.1) is 22.7 Å². The van der Waals surface area contributed by atoms with Crippen molar-refractivity contribution in [2.45, 2.75) is 12.8 Å². The number of carbonyl (C=O) groups excluding carboxylic acids is 1. The van der Waals surface area contributed by atoms with Crippen LogP contribution in [0.4, 0.5) is 0 Å². The number of thiophene rings is 1. The summed E-state index contributed by atoms with van der Waals surface area (Å²) in [5.41, 5.74) is 0.526. The van der Waals surface area contributed by atoms with Gasteiger partial charge in [0, 0.05) is 44.8 Å². The van der Waals surface area contributed by atoms with Crippen LogP contribution >= 0.6 is 22.7 Å². The van der Waals surface area contributed by atoms with Gasteiger partial charge >= 0.3 is 0 Å². The largest absolute Gasteiger partial charge is 0.340 e. The van der Waals surface area contributed by atoms with E-state index < -0.39 is 0 Å². The fourth-order valence-corrected chi connectivity index (χ4v) is 3.90. The van der Waals surface area contributed by atoms with Crippen molar-refractivity contribution in [3.8, 4) is 9.88 Å². The van der Waals surface area contributed by atoms with Crippen LogP contribution in [0.25, 0.3) is 9.88 Å². The minimum atomic E-state index is -0.0242. The summed E-state index contributed by atoms with van der Waals surface area (Å²) in [5.74, 6) is 1.02. The highest BCUT2D eigenvalue weighted by atomic mass is 32.1. The first-order chi connectivity index (χ1) is 11.1. The smallest absolute Gasteiger partial charge is 0.273 e. The van der Waals surface area contributed by atoms with E-state index in [2.05, 4.69) is 9.97 Å². The Bertz CT molecular complexity index is 776. The monoisotopic (exact) mass is 346 g/mol. The molecule has 3 heterocycles. The first-order valence-corrected chi connectivity index (χ1v) is 9.12. The van der Waals surface area contributed by atoms with Crippen LogP contribution in [-0.4, -0.2) is 38.9 Å². The van der Waals surface area contributed by atoms with Gasteiger partial charge in [-0.1, -0.05) is 6.07 Å². The zero-order valence-corrected chi connectivity index (χ0v) is 14.7. The van der Waals surface area contributed by atoms with E-state index >= 15 is 0 Å². The van der Waals surface area contributed by atoms with Gasteiger partial charge in [0.15, 0.2) is 0 Å². The minimum absolute atomic E-state index is 0.0242. The van der Waals surface area contributed by atoms with Crippen LogP contribution in [0.1, 0.15) is 22.7 Å². The van der Waals surface area contributed by atoms with E-state index in [9.17, 15) is 4.79 Å². The molecule has 0 aliphatic rings. The third-order valence-electron chi connectivity index (χ3n) is 3.62. The number of thiazole rings is 1. The van der Waals surface area contributed by atoms with Gasteiger partial charge in [0.1, 0.15) is 16.5 Å². The van der Waals surface area contributed by atoms with E-state index in [-0.39, 0.29) is 5.91 Å². The van der Waals surface area contributed by atoms with Gasteiger partial charge in [0.2, 0.25) is 0 Å². The van der Waals surface area contributed by atoms with E-state index in [1.807, 2.05) is 47.8 Å². The van der Waals surface area contributed by atoms with Crippen molar-refractivity contribution < 1.29 is 4.79 Å². The van der Waals surface area contributed by atoms with Crippen LogP contribution in [-0.2, 0) is 13.5 Å². The maximum absolute atomic E-state index is 12.4. The number of hydrogen-bond acceptors (Lipinski definition) is 5. The summed E-state index contributed by atoms with van der Waals surface area (Å²) in [7, 11) is 3.81. The van der Waals surface area contributed by atoms with Crippen molar-refractivity contribution in [3.05, 3.63) is 46.8 Å². The van der Waals surface area contributed by atoms with Crippen LogP contribution in [0.5, 0.6) is 0 Å². The molecule has 0 N–H and O–H groups in total. The van der Waals surface area contributed by atoms with E-state index in [4.69, 9.17) is 0 Å². The zero-order valence-electron chi connectivity index (χ0n) is 13.1. The van der Waals surface area contributed by atoms with Crippen molar-refractivity contribution in [3.63, 3.8) is 0 Å². The molecule has 0 unspecified atom stereocenters. The normalized spacial score (nSPS) is 10.9. The molecule has 3 aromatic heterocycles. The second-order valence-electron chi connectivity index (χ2n) is 5.30. The maximum atomic E-state index is 12.4. The number of amides is 1. The van der Waals surface area contributed by atoms with E-state index in [1.54, 1.807) is 22.4 Å². The molecule has 0 fully saturated rings. The first-order valence-electron chi connectivity index (χ1n) is 7.36. The first kappa shape index (κ1) is 15.9. The van der Waals surface area contributed by atoms with Crippen molar-refractivity contribution in [2.24, 2.45) is 7.05 Å². The second-order valence-corrected chi connectivity index (χ2v) is 7.11.